The predicted octanol–water partition coefficient (Wildman–Crippen LogP) is 1.26. The molecule has 0 aliphatic carbocycles. The Hall–Kier alpha value is -1.75. The van der Waals surface area contributed by atoms with Gasteiger partial charge in [0.05, 0.1) is 32.3 Å². The highest BCUT2D eigenvalue weighted by Crippen LogP contribution is 2.44. The molecule has 3 atom stereocenters. The fourth-order valence-electron chi connectivity index (χ4n) is 2.61. The molecule has 1 N–H and O–H groups in total. The molecule has 2 fully saturated rings. The topological polar surface area (TPSA) is 65.0 Å². The second kappa shape index (κ2) is 4.17. The minimum absolute atomic E-state index is 0.0618. The summed E-state index contributed by atoms with van der Waals surface area (Å²) >= 11 is 0. The van der Waals surface area contributed by atoms with Crippen LogP contribution in [0.1, 0.15) is 11.7 Å². The van der Waals surface area contributed by atoms with Crippen LogP contribution in [0.3, 0.4) is 0 Å². The number of phenols is 1. The lowest BCUT2D eigenvalue weighted by Crippen LogP contribution is -2.14. The number of aromatic hydroxyl groups is 1. The largest absolute Gasteiger partial charge is 0.504 e. The molecular formula is C13H14O5. The maximum absolute atomic E-state index is 11.4. The minimum atomic E-state index is -0.173. The minimum Gasteiger partial charge on any atom is -0.504 e. The molecule has 0 amide bonds. The van der Waals surface area contributed by atoms with E-state index >= 15 is 0 Å². The lowest BCUT2D eigenvalue weighted by atomic mass is 9.90. The van der Waals surface area contributed by atoms with Gasteiger partial charge in [-0.05, 0) is 17.7 Å². The molecule has 2 aliphatic heterocycles. The Bertz CT molecular complexity index is 484. The maximum atomic E-state index is 11.4. The number of carbonyl (C=O) groups is 1. The average Bonchev–Trinajstić information content (AvgIpc) is 2.94. The molecule has 0 bridgehead atoms. The lowest BCUT2D eigenvalue weighted by molar-refractivity contribution is -0.142. The van der Waals surface area contributed by atoms with Gasteiger partial charge in [-0.25, -0.2) is 0 Å². The van der Waals surface area contributed by atoms with E-state index in [9.17, 15) is 9.90 Å². The van der Waals surface area contributed by atoms with Gasteiger partial charge in [-0.3, -0.25) is 4.79 Å². The second-order valence-corrected chi connectivity index (χ2v) is 4.59. The summed E-state index contributed by atoms with van der Waals surface area (Å²) in [4.78, 5) is 11.4. The van der Waals surface area contributed by atoms with Gasteiger partial charge in [-0.2, -0.15) is 0 Å². The zero-order valence-electron chi connectivity index (χ0n) is 9.96. The molecule has 2 aliphatic rings. The van der Waals surface area contributed by atoms with Gasteiger partial charge in [0.15, 0.2) is 11.5 Å². The zero-order chi connectivity index (χ0) is 12.7. The molecule has 1 aromatic carbocycles. The molecule has 96 valence electrons. The molecule has 0 unspecified atom stereocenters. The summed E-state index contributed by atoms with van der Waals surface area (Å²) in [5.74, 6) is 0.231. The number of carbonyl (C=O) groups excluding carboxylic acids is 1. The maximum Gasteiger partial charge on any atom is 0.311 e. The normalized spacial score (nSPS) is 30.1. The molecule has 0 radical (unpaired) electrons. The molecule has 0 spiro atoms. The Labute approximate surface area is 104 Å². The van der Waals surface area contributed by atoms with Crippen LogP contribution in [0, 0.1) is 11.8 Å². The molecular weight excluding hydrogens is 236 g/mol. The van der Waals surface area contributed by atoms with Crippen LogP contribution in [0.25, 0.3) is 0 Å². The van der Waals surface area contributed by atoms with Crippen LogP contribution in [-0.2, 0) is 14.3 Å². The van der Waals surface area contributed by atoms with E-state index in [2.05, 4.69) is 0 Å². The number of rotatable bonds is 2. The number of ether oxygens (including phenoxy) is 3. The van der Waals surface area contributed by atoms with Crippen molar-refractivity contribution in [3.8, 4) is 11.5 Å². The van der Waals surface area contributed by atoms with Crippen molar-refractivity contribution in [1.82, 2.24) is 0 Å². The number of hydrogen-bond acceptors (Lipinski definition) is 5. The van der Waals surface area contributed by atoms with Crippen LogP contribution in [0.15, 0.2) is 18.2 Å². The third-order valence-corrected chi connectivity index (χ3v) is 3.61. The zero-order valence-corrected chi connectivity index (χ0v) is 9.96. The van der Waals surface area contributed by atoms with Gasteiger partial charge in [0.25, 0.3) is 0 Å². The quantitative estimate of drug-likeness (QED) is 0.800. The van der Waals surface area contributed by atoms with Crippen LogP contribution in [0.5, 0.6) is 11.5 Å². The van der Waals surface area contributed by atoms with Gasteiger partial charge in [-0.1, -0.05) is 6.07 Å². The van der Waals surface area contributed by atoms with E-state index in [0.29, 0.717) is 19.0 Å². The Balaban J connectivity index is 1.89. The predicted molar refractivity (Wildman–Crippen MR) is 61.3 cm³/mol. The first-order chi connectivity index (χ1) is 8.70. The van der Waals surface area contributed by atoms with Crippen LogP contribution in [0.4, 0.5) is 0 Å². The molecule has 18 heavy (non-hydrogen) atoms. The van der Waals surface area contributed by atoms with Crippen molar-refractivity contribution < 1.29 is 24.1 Å². The number of hydrogen-bond donors (Lipinski definition) is 1. The molecule has 0 aromatic heterocycles. The number of esters is 1. The van der Waals surface area contributed by atoms with Crippen LogP contribution >= 0.6 is 0 Å². The number of fused-ring (bicyclic) bond motifs is 1. The van der Waals surface area contributed by atoms with Crippen molar-refractivity contribution in [2.24, 2.45) is 11.8 Å². The first kappa shape index (κ1) is 11.3. The molecule has 5 nitrogen and oxygen atoms in total. The second-order valence-electron chi connectivity index (χ2n) is 4.59. The SMILES string of the molecule is COc1cc([C@H]2OC[C@H]3C(=O)OC[C@@H]23)ccc1O. The highest BCUT2D eigenvalue weighted by molar-refractivity contribution is 5.75. The standard InChI is InChI=1S/C13H14O5/c1-16-11-4-7(2-3-10(11)14)12-8-5-18-13(15)9(8)6-17-12/h2-4,8-9,12,14H,5-6H2,1H3/t8-,9-,12-/m1/s1. The fourth-order valence-corrected chi connectivity index (χ4v) is 2.61. The Morgan fingerprint density at radius 2 is 2.22 bits per heavy atom. The fraction of sp³-hybridized carbons (Fsp3) is 0.462. The monoisotopic (exact) mass is 250 g/mol. The summed E-state index contributed by atoms with van der Waals surface area (Å²) in [6.45, 7) is 0.800. The number of benzene rings is 1. The average molecular weight is 250 g/mol. The Morgan fingerprint density at radius 3 is 3.00 bits per heavy atom. The van der Waals surface area contributed by atoms with Gasteiger partial charge in [0, 0.05) is 5.92 Å². The summed E-state index contributed by atoms with van der Waals surface area (Å²) in [7, 11) is 1.50. The van der Waals surface area contributed by atoms with E-state index in [-0.39, 0.29) is 29.7 Å². The third-order valence-electron chi connectivity index (χ3n) is 3.61. The summed E-state index contributed by atoms with van der Waals surface area (Å²) in [6.07, 6.45) is -0.170. The van der Waals surface area contributed by atoms with Gasteiger partial charge < -0.3 is 19.3 Å². The highest BCUT2D eigenvalue weighted by Gasteiger charge is 2.48. The van der Waals surface area contributed by atoms with Crippen molar-refractivity contribution in [1.29, 1.82) is 0 Å². The van der Waals surface area contributed by atoms with Gasteiger partial charge in [0.2, 0.25) is 0 Å². The molecule has 3 rings (SSSR count). The number of phenolic OH excluding ortho intramolecular Hbond substituents is 1. The van der Waals surface area contributed by atoms with Crippen molar-refractivity contribution in [3.63, 3.8) is 0 Å². The number of methoxy groups -OCH3 is 1. The molecule has 2 heterocycles. The van der Waals surface area contributed by atoms with E-state index in [1.807, 2.05) is 0 Å². The Morgan fingerprint density at radius 1 is 1.39 bits per heavy atom. The summed E-state index contributed by atoms with van der Waals surface area (Å²) < 4.78 is 15.8. The summed E-state index contributed by atoms with van der Waals surface area (Å²) in [6, 6.07) is 5.10. The van der Waals surface area contributed by atoms with E-state index in [1.165, 1.54) is 7.11 Å². The Kier molecular flexibility index (Phi) is 2.63. The third kappa shape index (κ3) is 1.62. The van der Waals surface area contributed by atoms with Crippen LogP contribution < -0.4 is 4.74 Å². The van der Waals surface area contributed by atoms with Crippen LogP contribution in [0.2, 0.25) is 0 Å². The highest BCUT2D eigenvalue weighted by atomic mass is 16.6. The first-order valence-corrected chi connectivity index (χ1v) is 5.86. The van der Waals surface area contributed by atoms with Gasteiger partial charge in [-0.15, -0.1) is 0 Å². The van der Waals surface area contributed by atoms with Crippen molar-refractivity contribution in [2.75, 3.05) is 20.3 Å². The van der Waals surface area contributed by atoms with E-state index in [0.717, 1.165) is 5.56 Å². The van der Waals surface area contributed by atoms with Crippen molar-refractivity contribution in [2.45, 2.75) is 6.10 Å². The summed E-state index contributed by atoms with van der Waals surface area (Å²) in [5.41, 5.74) is 0.899. The molecule has 5 heteroatoms. The summed E-state index contributed by atoms with van der Waals surface area (Å²) in [5, 5.41) is 9.56. The molecule has 1 aromatic rings. The van der Waals surface area contributed by atoms with Gasteiger partial charge in [0.1, 0.15) is 0 Å². The lowest BCUT2D eigenvalue weighted by Gasteiger charge is -2.16. The van der Waals surface area contributed by atoms with E-state index in [1.54, 1.807) is 18.2 Å². The van der Waals surface area contributed by atoms with E-state index < -0.39 is 0 Å². The van der Waals surface area contributed by atoms with Gasteiger partial charge >= 0.3 is 5.97 Å². The molecule has 0 saturated carbocycles. The smallest absolute Gasteiger partial charge is 0.311 e. The van der Waals surface area contributed by atoms with Crippen molar-refractivity contribution in [3.05, 3.63) is 23.8 Å². The van der Waals surface area contributed by atoms with Crippen LogP contribution in [-0.4, -0.2) is 31.4 Å². The van der Waals surface area contributed by atoms with Crippen molar-refractivity contribution >= 4 is 5.97 Å². The number of cyclic esters (lactones) is 1. The molecule has 2 saturated heterocycles. The first-order valence-electron chi connectivity index (χ1n) is 5.86. The van der Waals surface area contributed by atoms with E-state index in [4.69, 9.17) is 14.2 Å².